The van der Waals surface area contributed by atoms with Crippen LogP contribution in [0.1, 0.15) is 11.3 Å². The van der Waals surface area contributed by atoms with Crippen LogP contribution in [0.5, 0.6) is 0 Å². The number of aryl methyl sites for hydroxylation is 1. The van der Waals surface area contributed by atoms with E-state index in [1.807, 2.05) is 0 Å². The van der Waals surface area contributed by atoms with E-state index < -0.39 is 36.9 Å². The number of nitrogen functional groups attached to an aromatic ring is 1. The van der Waals surface area contributed by atoms with Crippen molar-refractivity contribution >= 4 is 25.4 Å². The fourth-order valence-electron chi connectivity index (χ4n) is 1.86. The molecule has 21 heavy (non-hydrogen) atoms. The molecule has 0 saturated heterocycles. The van der Waals surface area contributed by atoms with E-state index in [1.165, 1.54) is 6.07 Å². The molecular formula is C12H12F3N2O2S2+. The van der Waals surface area contributed by atoms with E-state index in [0.717, 1.165) is 18.4 Å². The summed E-state index contributed by atoms with van der Waals surface area (Å²) < 4.78 is 62.2. The Hall–Kier alpha value is -1.61. The number of halogens is 3. The molecule has 2 rings (SSSR count). The topological polar surface area (TPSA) is 73.0 Å². The summed E-state index contributed by atoms with van der Waals surface area (Å²) in [5.41, 5.74) is 5.14. The summed E-state index contributed by atoms with van der Waals surface area (Å²) in [5, 5.41) is 1.87. The summed E-state index contributed by atoms with van der Waals surface area (Å²) in [4.78, 5) is 3.52. The van der Waals surface area contributed by atoms with Crippen LogP contribution in [0.3, 0.4) is 0 Å². The van der Waals surface area contributed by atoms with Crippen LogP contribution in [0.25, 0.3) is 4.90 Å². The van der Waals surface area contributed by atoms with Crippen LogP contribution < -0.4 is 5.73 Å². The molecule has 4 nitrogen and oxygen atoms in total. The minimum Gasteiger partial charge on any atom is -0.339 e. The van der Waals surface area contributed by atoms with Crippen molar-refractivity contribution in [2.24, 2.45) is 0 Å². The summed E-state index contributed by atoms with van der Waals surface area (Å²) in [6.45, 7) is 1.69. The number of alkyl halides is 3. The number of rotatable bonds is 2. The van der Waals surface area contributed by atoms with Gasteiger partial charge in [0.15, 0.2) is 20.1 Å². The second-order valence-corrected chi connectivity index (χ2v) is 8.26. The molecule has 1 unspecified atom stereocenters. The molecule has 0 fully saturated rings. The molecule has 9 heteroatoms. The van der Waals surface area contributed by atoms with Crippen LogP contribution in [-0.2, 0) is 16.0 Å². The zero-order valence-electron chi connectivity index (χ0n) is 11.1. The minimum atomic E-state index is -4.76. The monoisotopic (exact) mass is 337 g/mol. The number of nitrogens with two attached hydrogens (primary N) is 1. The SMILES string of the molecule is Cc1c[s+](-c2ccc(S(C)(=O)=O)c(C(F)(F)F)c2)c(N)n1. The lowest BCUT2D eigenvalue weighted by Gasteiger charge is -2.11. The molecule has 0 bridgehead atoms. The first-order valence-electron chi connectivity index (χ1n) is 5.67. The Bertz CT molecular complexity index is 795. The Kier molecular flexibility index (Phi) is 3.75. The number of sulfone groups is 1. The van der Waals surface area contributed by atoms with E-state index in [2.05, 4.69) is 4.98 Å². The number of hydrogen-bond acceptors (Lipinski definition) is 4. The van der Waals surface area contributed by atoms with Gasteiger partial charge in [0.2, 0.25) is 0 Å². The fraction of sp³-hybridized carbons (Fsp3) is 0.250. The van der Waals surface area contributed by atoms with Gasteiger partial charge in [0.1, 0.15) is 0 Å². The van der Waals surface area contributed by atoms with E-state index in [1.54, 1.807) is 12.3 Å². The summed E-state index contributed by atoms with van der Waals surface area (Å²) >= 11 is 0. The Labute approximate surface area is 122 Å². The molecule has 1 heterocycles. The third kappa shape index (κ3) is 3.18. The highest BCUT2D eigenvalue weighted by Crippen LogP contribution is 2.42. The zero-order chi connectivity index (χ0) is 16.0. The van der Waals surface area contributed by atoms with Crippen molar-refractivity contribution in [1.82, 2.24) is 4.98 Å². The highest BCUT2D eigenvalue weighted by molar-refractivity contribution is 7.90. The summed E-state index contributed by atoms with van der Waals surface area (Å²) in [7, 11) is -4.85. The highest BCUT2D eigenvalue weighted by Gasteiger charge is 2.37. The van der Waals surface area contributed by atoms with Gasteiger partial charge in [0, 0.05) is 12.3 Å². The summed E-state index contributed by atoms with van der Waals surface area (Å²) in [6.07, 6.45) is -4.02. The van der Waals surface area contributed by atoms with E-state index in [-0.39, 0.29) is 10.0 Å². The van der Waals surface area contributed by atoms with Crippen LogP contribution in [0, 0.1) is 6.92 Å². The molecule has 1 atom stereocenters. The molecule has 0 aliphatic rings. The van der Waals surface area contributed by atoms with E-state index >= 15 is 0 Å². The Morgan fingerprint density at radius 2 is 1.90 bits per heavy atom. The summed E-state index contributed by atoms with van der Waals surface area (Å²) in [6, 6.07) is 3.14. The average Bonchev–Trinajstić information content (AvgIpc) is 2.65. The van der Waals surface area contributed by atoms with Gasteiger partial charge in [-0.1, -0.05) is 0 Å². The van der Waals surface area contributed by atoms with Gasteiger partial charge in [-0.2, -0.15) is 18.2 Å². The van der Waals surface area contributed by atoms with Gasteiger partial charge in [0.05, 0.1) is 26.6 Å². The predicted octanol–water partition coefficient (Wildman–Crippen LogP) is 3.13. The second kappa shape index (κ2) is 4.99. The zero-order valence-corrected chi connectivity index (χ0v) is 12.7. The van der Waals surface area contributed by atoms with Gasteiger partial charge < -0.3 is 5.73 Å². The van der Waals surface area contributed by atoms with Crippen molar-refractivity contribution in [3.63, 3.8) is 0 Å². The molecule has 0 aliphatic carbocycles. The van der Waals surface area contributed by atoms with Crippen molar-refractivity contribution in [3.8, 4) is 4.90 Å². The molecular weight excluding hydrogens is 325 g/mol. The molecule has 0 aliphatic heterocycles. The van der Waals surface area contributed by atoms with Crippen LogP contribution in [0.4, 0.5) is 18.3 Å². The maximum absolute atomic E-state index is 13.1. The van der Waals surface area contributed by atoms with Gasteiger partial charge in [0.25, 0.3) is 0 Å². The predicted molar refractivity (Wildman–Crippen MR) is 75.3 cm³/mol. The average molecular weight is 337 g/mol. The first-order chi connectivity index (χ1) is 9.50. The minimum absolute atomic E-state index is 0.215. The molecule has 1 aromatic heterocycles. The third-order valence-electron chi connectivity index (χ3n) is 2.71. The first-order valence-corrected chi connectivity index (χ1v) is 8.85. The number of nitrogens with zero attached hydrogens (tertiary/aromatic N) is 1. The Morgan fingerprint density at radius 3 is 2.33 bits per heavy atom. The largest absolute Gasteiger partial charge is 0.417 e. The molecule has 0 radical (unpaired) electrons. The van der Waals surface area contributed by atoms with Gasteiger partial charge in [-0.15, -0.1) is 0 Å². The van der Waals surface area contributed by atoms with Gasteiger partial charge in [-0.3, -0.25) is 0 Å². The Morgan fingerprint density at radius 1 is 1.29 bits per heavy atom. The number of hydrogen-bond donors (Lipinski definition) is 1. The molecule has 0 amide bonds. The van der Waals surface area contributed by atoms with Crippen molar-refractivity contribution in [1.29, 1.82) is 0 Å². The van der Waals surface area contributed by atoms with E-state index in [9.17, 15) is 21.6 Å². The van der Waals surface area contributed by atoms with E-state index in [4.69, 9.17) is 5.73 Å². The normalized spacial score (nSPS) is 13.5. The number of aromatic nitrogens is 1. The van der Waals surface area contributed by atoms with Crippen LogP contribution in [0.2, 0.25) is 0 Å². The quantitative estimate of drug-likeness (QED) is 0.855. The molecule has 0 spiro atoms. The van der Waals surface area contributed by atoms with Gasteiger partial charge in [-0.25, -0.2) is 8.42 Å². The maximum atomic E-state index is 13.1. The molecule has 2 aromatic rings. The summed E-state index contributed by atoms with van der Waals surface area (Å²) in [5.74, 6) is 0. The number of anilines is 1. The third-order valence-corrected chi connectivity index (χ3v) is 5.75. The highest BCUT2D eigenvalue weighted by atomic mass is 32.2. The molecule has 0 saturated carbocycles. The number of thiazole rings is 1. The standard InChI is InChI=1S/C12H12F3N2O2S2/c1-7-6-20(11(16)17-7)8-3-4-10(21(2,18)19)9(5-8)12(13,14)15/h3-6H,1-2H3,(H2,16,17)/q+1. The molecule has 2 N–H and O–H groups in total. The lowest BCUT2D eigenvalue weighted by molar-refractivity contribution is -0.139. The lowest BCUT2D eigenvalue weighted by atomic mass is 10.2. The van der Waals surface area contributed by atoms with Crippen molar-refractivity contribution in [3.05, 3.63) is 34.8 Å². The second-order valence-electron chi connectivity index (χ2n) is 4.47. The van der Waals surface area contributed by atoms with Crippen LogP contribution in [0.15, 0.2) is 28.5 Å². The van der Waals surface area contributed by atoms with Crippen molar-refractivity contribution < 1.29 is 21.6 Å². The number of benzene rings is 1. The first kappa shape index (κ1) is 15.8. The van der Waals surface area contributed by atoms with Crippen molar-refractivity contribution in [2.75, 3.05) is 12.0 Å². The van der Waals surface area contributed by atoms with Crippen LogP contribution in [-0.4, -0.2) is 19.7 Å². The fourth-order valence-corrected chi connectivity index (χ4v) is 4.34. The molecule has 114 valence electrons. The Balaban J connectivity index is 2.71. The van der Waals surface area contributed by atoms with Crippen LogP contribution >= 0.6 is 10.5 Å². The van der Waals surface area contributed by atoms with Gasteiger partial charge in [-0.05, 0) is 19.1 Å². The van der Waals surface area contributed by atoms with Gasteiger partial charge >= 0.3 is 11.3 Å². The smallest absolute Gasteiger partial charge is 0.339 e. The lowest BCUT2D eigenvalue weighted by Crippen LogP contribution is -2.12. The molecule has 1 aromatic carbocycles. The van der Waals surface area contributed by atoms with E-state index in [0.29, 0.717) is 5.69 Å². The van der Waals surface area contributed by atoms with Crippen molar-refractivity contribution in [2.45, 2.75) is 18.0 Å². The maximum Gasteiger partial charge on any atom is 0.417 e.